The van der Waals surface area contributed by atoms with E-state index in [0.29, 0.717) is 28.8 Å². The van der Waals surface area contributed by atoms with Gasteiger partial charge in [-0.1, -0.05) is 59.3 Å². The van der Waals surface area contributed by atoms with E-state index < -0.39 is 21.8 Å². The highest BCUT2D eigenvalue weighted by Crippen LogP contribution is 2.30. The molecule has 1 aliphatic rings. The van der Waals surface area contributed by atoms with Crippen LogP contribution in [0.3, 0.4) is 0 Å². The first kappa shape index (κ1) is 27.2. The molecular formula is C26H28ClN3O5S2. The number of methoxy groups -OCH3 is 2. The maximum atomic E-state index is 13.8. The number of nitrogens with zero attached hydrogens (tertiary/aromatic N) is 3. The van der Waals surface area contributed by atoms with Gasteiger partial charge >= 0.3 is 0 Å². The van der Waals surface area contributed by atoms with E-state index in [1.807, 2.05) is 31.2 Å². The van der Waals surface area contributed by atoms with Gasteiger partial charge in [-0.3, -0.25) is 4.79 Å². The molecule has 1 aromatic heterocycles. The number of hydrogen-bond acceptors (Lipinski definition) is 8. The number of sulfone groups is 1. The maximum absolute atomic E-state index is 13.8. The van der Waals surface area contributed by atoms with Crippen molar-refractivity contribution in [3.05, 3.63) is 76.1 Å². The van der Waals surface area contributed by atoms with Crippen LogP contribution < -0.4 is 9.47 Å². The number of thioether (sulfide) groups is 1. The van der Waals surface area contributed by atoms with Crippen molar-refractivity contribution in [3.8, 4) is 11.5 Å². The highest BCUT2D eigenvalue weighted by Gasteiger charge is 2.36. The molecule has 0 saturated carbocycles. The fourth-order valence-electron chi connectivity index (χ4n) is 4.22. The minimum Gasteiger partial charge on any atom is -0.493 e. The minimum atomic E-state index is -3.24. The number of benzene rings is 2. The zero-order valence-corrected chi connectivity index (χ0v) is 23.2. The average Bonchev–Trinajstić information content (AvgIpc) is 3.25. The van der Waals surface area contributed by atoms with E-state index in [9.17, 15) is 13.2 Å². The first-order valence-corrected chi connectivity index (χ1v) is 14.8. The van der Waals surface area contributed by atoms with Crippen LogP contribution in [0.5, 0.6) is 11.5 Å². The molecule has 196 valence electrons. The van der Waals surface area contributed by atoms with E-state index >= 15 is 0 Å². The number of halogens is 1. The summed E-state index contributed by atoms with van der Waals surface area (Å²) in [6.45, 7) is 2.19. The lowest BCUT2D eigenvalue weighted by Crippen LogP contribution is -2.41. The summed E-state index contributed by atoms with van der Waals surface area (Å²) in [6, 6.07) is 13.0. The Balaban J connectivity index is 1.62. The summed E-state index contributed by atoms with van der Waals surface area (Å²) in [7, 11) is -0.165. The fourth-order valence-corrected chi connectivity index (χ4v) is 6.88. The molecule has 2 aromatic carbocycles. The van der Waals surface area contributed by atoms with Gasteiger partial charge in [0.15, 0.2) is 32.2 Å². The van der Waals surface area contributed by atoms with Gasteiger partial charge in [0.2, 0.25) is 0 Å². The van der Waals surface area contributed by atoms with Crippen LogP contribution >= 0.6 is 23.4 Å². The average molecular weight is 562 g/mol. The van der Waals surface area contributed by atoms with Crippen molar-refractivity contribution in [1.29, 1.82) is 0 Å². The third-order valence-electron chi connectivity index (χ3n) is 6.09. The number of carbonyl (C=O) groups excluding carboxylic acids is 1. The molecule has 1 atom stereocenters. The third-order valence-corrected chi connectivity index (χ3v) is 9.05. The summed E-state index contributed by atoms with van der Waals surface area (Å²) in [5.41, 5.74) is 3.08. The Morgan fingerprint density at radius 3 is 2.59 bits per heavy atom. The van der Waals surface area contributed by atoms with Crippen molar-refractivity contribution in [2.24, 2.45) is 0 Å². The maximum Gasteiger partial charge on any atom is 0.274 e. The minimum absolute atomic E-state index is 0.0302. The van der Waals surface area contributed by atoms with E-state index in [4.69, 9.17) is 21.1 Å². The van der Waals surface area contributed by atoms with Crippen molar-refractivity contribution in [3.63, 3.8) is 0 Å². The van der Waals surface area contributed by atoms with Crippen LogP contribution in [0.15, 0.2) is 53.8 Å². The second-order valence-electron chi connectivity index (χ2n) is 8.81. The molecule has 1 saturated heterocycles. The summed E-state index contributed by atoms with van der Waals surface area (Å²) in [6.07, 6.45) is 1.76. The van der Waals surface area contributed by atoms with Crippen molar-refractivity contribution in [2.75, 3.05) is 25.7 Å². The van der Waals surface area contributed by atoms with E-state index in [1.165, 1.54) is 30.0 Å². The van der Waals surface area contributed by atoms with Gasteiger partial charge in [0, 0.05) is 18.3 Å². The van der Waals surface area contributed by atoms with Gasteiger partial charge < -0.3 is 14.4 Å². The van der Waals surface area contributed by atoms with Crippen molar-refractivity contribution < 1.29 is 22.7 Å². The van der Waals surface area contributed by atoms with Gasteiger partial charge in [0.05, 0.1) is 36.9 Å². The Bertz CT molecular complexity index is 1400. The quantitative estimate of drug-likeness (QED) is 0.276. The zero-order valence-electron chi connectivity index (χ0n) is 20.8. The number of hydrogen-bond donors (Lipinski definition) is 0. The SMILES string of the molecule is COc1ccc(CN(C(=O)c2nc(SCc3cccc(C)c3)ncc2Cl)C2CCS(=O)(=O)C2)cc1OC. The number of aryl methyl sites for hydroxylation is 1. The molecule has 0 N–H and O–H groups in total. The molecule has 11 heteroatoms. The Kier molecular flexibility index (Phi) is 8.61. The van der Waals surface area contributed by atoms with Crippen LogP contribution in [-0.2, 0) is 22.1 Å². The Labute approximate surface area is 226 Å². The molecule has 1 unspecified atom stereocenters. The molecule has 8 nitrogen and oxygen atoms in total. The molecular weight excluding hydrogens is 534 g/mol. The Morgan fingerprint density at radius 2 is 1.92 bits per heavy atom. The van der Waals surface area contributed by atoms with Crippen LogP contribution in [-0.4, -0.2) is 61.0 Å². The second kappa shape index (κ2) is 11.7. The number of amides is 1. The predicted molar refractivity (Wildman–Crippen MR) is 144 cm³/mol. The van der Waals surface area contributed by atoms with Crippen LogP contribution in [0.2, 0.25) is 5.02 Å². The molecule has 1 fully saturated rings. The summed E-state index contributed by atoms with van der Waals surface area (Å²) >= 11 is 7.79. The summed E-state index contributed by atoms with van der Waals surface area (Å²) < 4.78 is 35.3. The summed E-state index contributed by atoms with van der Waals surface area (Å²) in [5.74, 6) is 1.18. The Morgan fingerprint density at radius 1 is 1.14 bits per heavy atom. The van der Waals surface area contributed by atoms with Gasteiger partial charge in [0.25, 0.3) is 5.91 Å². The van der Waals surface area contributed by atoms with Gasteiger partial charge in [-0.25, -0.2) is 18.4 Å². The number of carbonyl (C=O) groups is 1. The molecule has 0 radical (unpaired) electrons. The molecule has 1 aliphatic heterocycles. The van der Waals surface area contributed by atoms with Crippen LogP contribution in [0.4, 0.5) is 0 Å². The van der Waals surface area contributed by atoms with Crippen molar-refractivity contribution in [1.82, 2.24) is 14.9 Å². The van der Waals surface area contributed by atoms with Crippen molar-refractivity contribution in [2.45, 2.75) is 36.8 Å². The molecule has 0 aliphatic carbocycles. The number of ether oxygens (including phenoxy) is 2. The van der Waals surface area contributed by atoms with Gasteiger partial charge in [-0.15, -0.1) is 0 Å². The first-order valence-electron chi connectivity index (χ1n) is 11.6. The normalized spacial score (nSPS) is 16.4. The largest absolute Gasteiger partial charge is 0.493 e. The molecule has 1 amide bonds. The van der Waals surface area contributed by atoms with Crippen LogP contribution in [0.1, 0.15) is 33.6 Å². The third kappa shape index (κ3) is 6.74. The lowest BCUT2D eigenvalue weighted by molar-refractivity contribution is 0.0673. The molecule has 2 heterocycles. The smallest absolute Gasteiger partial charge is 0.274 e. The highest BCUT2D eigenvalue weighted by atomic mass is 35.5. The standard InChI is InChI=1S/C26H28ClN3O5S2/c1-17-5-4-6-19(11-17)15-36-26-28-13-21(27)24(29-26)25(31)30(20-9-10-37(32,33)16-20)14-18-7-8-22(34-2)23(12-18)35-3/h4-8,11-13,20H,9-10,14-16H2,1-3H3. The number of aromatic nitrogens is 2. The van der Waals surface area contributed by atoms with E-state index in [0.717, 1.165) is 16.7 Å². The topological polar surface area (TPSA) is 98.7 Å². The van der Waals surface area contributed by atoms with Crippen LogP contribution in [0.25, 0.3) is 0 Å². The molecule has 0 spiro atoms. The monoisotopic (exact) mass is 561 g/mol. The Hall–Kier alpha value is -2.82. The lowest BCUT2D eigenvalue weighted by atomic mass is 10.1. The molecule has 37 heavy (non-hydrogen) atoms. The lowest BCUT2D eigenvalue weighted by Gasteiger charge is -2.28. The second-order valence-corrected chi connectivity index (χ2v) is 12.4. The van der Waals surface area contributed by atoms with E-state index in [-0.39, 0.29) is 28.8 Å². The summed E-state index contributed by atoms with van der Waals surface area (Å²) in [4.78, 5) is 24.1. The fraction of sp³-hybridized carbons (Fsp3) is 0.346. The predicted octanol–water partition coefficient (Wildman–Crippen LogP) is 4.58. The van der Waals surface area contributed by atoms with Crippen molar-refractivity contribution >= 4 is 39.1 Å². The molecule has 0 bridgehead atoms. The molecule has 4 rings (SSSR count). The van der Waals surface area contributed by atoms with Crippen LogP contribution in [0, 0.1) is 6.92 Å². The van der Waals surface area contributed by atoms with E-state index in [1.54, 1.807) is 19.2 Å². The highest BCUT2D eigenvalue weighted by molar-refractivity contribution is 7.98. The van der Waals surface area contributed by atoms with Gasteiger partial charge in [-0.2, -0.15) is 0 Å². The molecule has 3 aromatic rings. The number of rotatable bonds is 9. The van der Waals surface area contributed by atoms with E-state index in [2.05, 4.69) is 16.0 Å². The summed E-state index contributed by atoms with van der Waals surface area (Å²) in [5, 5.41) is 0.530. The zero-order chi connectivity index (χ0) is 26.6. The van der Waals surface area contributed by atoms with Gasteiger partial charge in [0.1, 0.15) is 0 Å². The van der Waals surface area contributed by atoms with Gasteiger partial charge in [-0.05, 0) is 36.6 Å². The first-order chi connectivity index (χ1) is 17.7.